The van der Waals surface area contributed by atoms with Crippen molar-refractivity contribution in [2.75, 3.05) is 13.9 Å². The van der Waals surface area contributed by atoms with Crippen molar-refractivity contribution < 1.29 is 28.6 Å². The monoisotopic (exact) mass is 350 g/mol. The maximum atomic E-state index is 12.5. The summed E-state index contributed by atoms with van der Waals surface area (Å²) in [5.74, 6) is -1.10. The second kappa shape index (κ2) is 6.24. The van der Waals surface area contributed by atoms with Crippen LogP contribution in [0.25, 0.3) is 0 Å². The SMILES string of the molecule is COCOc1cc2c(c3c1C(=O)OC3c1ccccc1)C(=O)C=CC2=O. The van der Waals surface area contributed by atoms with Crippen LogP contribution in [0.3, 0.4) is 0 Å². The number of esters is 1. The first-order valence-corrected chi connectivity index (χ1v) is 7.97. The predicted molar refractivity (Wildman–Crippen MR) is 90.4 cm³/mol. The zero-order valence-electron chi connectivity index (χ0n) is 13.9. The smallest absolute Gasteiger partial charge is 0.343 e. The third kappa shape index (κ3) is 2.43. The summed E-state index contributed by atoms with van der Waals surface area (Å²) in [6, 6.07) is 10.5. The Bertz CT molecular complexity index is 958. The number of cyclic esters (lactones) is 1. The van der Waals surface area contributed by atoms with Gasteiger partial charge < -0.3 is 14.2 Å². The Morgan fingerprint density at radius 3 is 2.46 bits per heavy atom. The van der Waals surface area contributed by atoms with E-state index >= 15 is 0 Å². The zero-order chi connectivity index (χ0) is 18.3. The number of rotatable bonds is 4. The molecule has 6 heteroatoms. The summed E-state index contributed by atoms with van der Waals surface area (Å²) in [4.78, 5) is 37.4. The van der Waals surface area contributed by atoms with Crippen LogP contribution in [0.5, 0.6) is 5.75 Å². The van der Waals surface area contributed by atoms with Gasteiger partial charge in [0.1, 0.15) is 11.3 Å². The molecule has 2 aliphatic rings. The molecule has 0 aromatic heterocycles. The Hall–Kier alpha value is -3.25. The molecule has 26 heavy (non-hydrogen) atoms. The minimum absolute atomic E-state index is 0.105. The van der Waals surface area contributed by atoms with E-state index in [-0.39, 0.29) is 40.8 Å². The predicted octanol–water partition coefficient (Wildman–Crippen LogP) is 2.86. The first-order valence-electron chi connectivity index (χ1n) is 7.97. The van der Waals surface area contributed by atoms with Gasteiger partial charge in [0.25, 0.3) is 0 Å². The third-order valence-corrected chi connectivity index (χ3v) is 4.35. The van der Waals surface area contributed by atoms with E-state index in [9.17, 15) is 14.4 Å². The number of hydrogen-bond acceptors (Lipinski definition) is 6. The molecule has 130 valence electrons. The van der Waals surface area contributed by atoms with Gasteiger partial charge in [0.05, 0.1) is 0 Å². The van der Waals surface area contributed by atoms with Crippen LogP contribution in [-0.4, -0.2) is 31.4 Å². The molecule has 6 nitrogen and oxygen atoms in total. The average molecular weight is 350 g/mol. The Morgan fingerprint density at radius 1 is 1.00 bits per heavy atom. The van der Waals surface area contributed by atoms with E-state index in [1.807, 2.05) is 18.2 Å². The number of carbonyl (C=O) groups is 3. The van der Waals surface area contributed by atoms with Gasteiger partial charge in [0, 0.05) is 23.8 Å². The zero-order valence-corrected chi connectivity index (χ0v) is 13.9. The van der Waals surface area contributed by atoms with Crippen molar-refractivity contribution in [3.63, 3.8) is 0 Å². The highest BCUT2D eigenvalue weighted by Gasteiger charge is 2.41. The molecule has 0 saturated carbocycles. The normalized spacial score (nSPS) is 17.7. The molecule has 0 spiro atoms. The number of carbonyl (C=O) groups excluding carboxylic acids is 3. The molecule has 1 heterocycles. The van der Waals surface area contributed by atoms with E-state index in [0.29, 0.717) is 11.1 Å². The van der Waals surface area contributed by atoms with Crippen molar-refractivity contribution in [3.05, 3.63) is 76.4 Å². The summed E-state index contributed by atoms with van der Waals surface area (Å²) < 4.78 is 15.9. The van der Waals surface area contributed by atoms with Crippen molar-refractivity contribution in [2.24, 2.45) is 0 Å². The summed E-state index contributed by atoms with van der Waals surface area (Å²) >= 11 is 0. The maximum absolute atomic E-state index is 12.5. The van der Waals surface area contributed by atoms with Crippen LogP contribution in [0.2, 0.25) is 0 Å². The van der Waals surface area contributed by atoms with Gasteiger partial charge in [-0.3, -0.25) is 9.59 Å². The van der Waals surface area contributed by atoms with Crippen molar-refractivity contribution >= 4 is 17.5 Å². The molecule has 0 bridgehead atoms. The Balaban J connectivity index is 1.99. The number of benzene rings is 2. The lowest BCUT2D eigenvalue weighted by Crippen LogP contribution is -2.17. The molecule has 2 aromatic rings. The number of ether oxygens (including phenoxy) is 3. The van der Waals surface area contributed by atoms with E-state index in [2.05, 4.69) is 0 Å². The van der Waals surface area contributed by atoms with Crippen LogP contribution in [-0.2, 0) is 9.47 Å². The summed E-state index contributed by atoms with van der Waals surface area (Å²) in [5.41, 5.74) is 1.62. The number of hydrogen-bond donors (Lipinski definition) is 0. The molecule has 2 aromatic carbocycles. The molecule has 1 aliphatic heterocycles. The van der Waals surface area contributed by atoms with Crippen molar-refractivity contribution in [1.82, 2.24) is 0 Å². The fourth-order valence-corrected chi connectivity index (χ4v) is 3.26. The fourth-order valence-electron chi connectivity index (χ4n) is 3.26. The number of fused-ring (bicyclic) bond motifs is 3. The number of allylic oxidation sites excluding steroid dienone is 2. The highest BCUT2D eigenvalue weighted by molar-refractivity contribution is 6.24. The highest BCUT2D eigenvalue weighted by atomic mass is 16.7. The summed E-state index contributed by atoms with van der Waals surface area (Å²) in [6.07, 6.45) is 1.65. The van der Waals surface area contributed by atoms with Crippen LogP contribution < -0.4 is 4.74 Å². The second-order valence-corrected chi connectivity index (χ2v) is 5.89. The van der Waals surface area contributed by atoms with E-state index in [0.717, 1.165) is 0 Å². The van der Waals surface area contributed by atoms with Crippen molar-refractivity contribution in [3.8, 4) is 5.75 Å². The third-order valence-electron chi connectivity index (χ3n) is 4.35. The molecule has 0 saturated heterocycles. The van der Waals surface area contributed by atoms with Gasteiger partial charge in [-0.25, -0.2) is 4.79 Å². The second-order valence-electron chi connectivity index (χ2n) is 5.89. The molecule has 0 amide bonds. The van der Waals surface area contributed by atoms with Crippen LogP contribution in [0.15, 0.2) is 48.6 Å². The standard InChI is InChI=1S/C20H14O6/c1-24-10-25-15-9-12-13(21)7-8-14(22)16(12)18-17(15)20(23)26-19(18)11-5-3-2-4-6-11/h2-9,19H,10H2,1H3. The largest absolute Gasteiger partial charge is 0.467 e. The topological polar surface area (TPSA) is 78.9 Å². The molecule has 0 fully saturated rings. The quantitative estimate of drug-likeness (QED) is 0.623. The van der Waals surface area contributed by atoms with Crippen LogP contribution in [0.1, 0.15) is 48.3 Å². The molecular formula is C20H14O6. The lowest BCUT2D eigenvalue weighted by molar-refractivity contribution is 0.0417. The van der Waals surface area contributed by atoms with Crippen LogP contribution in [0, 0.1) is 0 Å². The number of methoxy groups -OCH3 is 1. The molecular weight excluding hydrogens is 336 g/mol. The molecule has 4 rings (SSSR count). The average Bonchev–Trinajstić information content (AvgIpc) is 3.01. The van der Waals surface area contributed by atoms with Gasteiger partial charge in [0.2, 0.25) is 0 Å². The minimum atomic E-state index is -0.776. The molecule has 1 unspecified atom stereocenters. The van der Waals surface area contributed by atoms with E-state index in [4.69, 9.17) is 14.2 Å². The van der Waals surface area contributed by atoms with Crippen molar-refractivity contribution in [2.45, 2.75) is 6.10 Å². The first-order chi connectivity index (χ1) is 12.6. The van der Waals surface area contributed by atoms with Gasteiger partial charge in [0.15, 0.2) is 24.5 Å². The van der Waals surface area contributed by atoms with Gasteiger partial charge in [-0.05, 0) is 23.8 Å². The highest BCUT2D eigenvalue weighted by Crippen LogP contribution is 2.44. The summed E-state index contributed by atoms with van der Waals surface area (Å²) in [5, 5.41) is 0. The van der Waals surface area contributed by atoms with Gasteiger partial charge >= 0.3 is 5.97 Å². The van der Waals surface area contributed by atoms with Gasteiger partial charge in [-0.15, -0.1) is 0 Å². The lowest BCUT2D eigenvalue weighted by atomic mass is 9.84. The molecule has 0 N–H and O–H groups in total. The lowest BCUT2D eigenvalue weighted by Gasteiger charge is -2.19. The van der Waals surface area contributed by atoms with Gasteiger partial charge in [-0.2, -0.15) is 0 Å². The van der Waals surface area contributed by atoms with Crippen molar-refractivity contribution in [1.29, 1.82) is 0 Å². The fraction of sp³-hybridized carbons (Fsp3) is 0.150. The maximum Gasteiger partial charge on any atom is 0.343 e. The van der Waals surface area contributed by atoms with Crippen LogP contribution >= 0.6 is 0 Å². The summed E-state index contributed by atoms with van der Waals surface area (Å²) in [7, 11) is 1.45. The van der Waals surface area contributed by atoms with Gasteiger partial charge in [-0.1, -0.05) is 30.3 Å². The Morgan fingerprint density at radius 2 is 1.73 bits per heavy atom. The molecule has 1 aliphatic carbocycles. The van der Waals surface area contributed by atoms with E-state index < -0.39 is 12.1 Å². The first kappa shape index (κ1) is 16.2. The van der Waals surface area contributed by atoms with E-state index in [1.165, 1.54) is 25.3 Å². The minimum Gasteiger partial charge on any atom is -0.467 e. The Labute approximate surface area is 149 Å². The molecule has 1 atom stereocenters. The van der Waals surface area contributed by atoms with Crippen LogP contribution in [0.4, 0.5) is 0 Å². The molecule has 0 radical (unpaired) electrons. The number of ketones is 2. The van der Waals surface area contributed by atoms with E-state index in [1.54, 1.807) is 12.1 Å². The summed E-state index contributed by atoms with van der Waals surface area (Å²) in [6.45, 7) is -0.105. The Kier molecular flexibility index (Phi) is 3.89.